The second kappa shape index (κ2) is 5.20. The van der Waals surface area contributed by atoms with Gasteiger partial charge in [0.05, 0.1) is 11.8 Å². The van der Waals surface area contributed by atoms with Gasteiger partial charge in [0, 0.05) is 16.8 Å². The van der Waals surface area contributed by atoms with Gasteiger partial charge in [-0.1, -0.05) is 12.1 Å². The minimum absolute atomic E-state index is 0.0552. The van der Waals surface area contributed by atoms with Crippen molar-refractivity contribution >= 4 is 12.1 Å². The van der Waals surface area contributed by atoms with Crippen LogP contribution in [0.3, 0.4) is 0 Å². The first-order chi connectivity index (χ1) is 10.1. The lowest BCUT2D eigenvalue weighted by Crippen LogP contribution is -1.98. The lowest BCUT2D eigenvalue weighted by molar-refractivity contribution is 0.101. The highest BCUT2D eigenvalue weighted by Crippen LogP contribution is 2.34. The fourth-order valence-corrected chi connectivity index (χ4v) is 2.58. The molecule has 0 aliphatic heterocycles. The zero-order chi connectivity index (χ0) is 15.0. The quantitative estimate of drug-likeness (QED) is 0.674. The van der Waals surface area contributed by atoms with Gasteiger partial charge in [0.1, 0.15) is 5.75 Å². The van der Waals surface area contributed by atoms with E-state index in [4.69, 9.17) is 4.74 Å². The molecule has 1 fully saturated rings. The van der Waals surface area contributed by atoms with E-state index in [0.717, 1.165) is 30.4 Å². The zero-order valence-electron chi connectivity index (χ0n) is 12.1. The second-order valence-corrected chi connectivity index (χ2v) is 5.43. The molecule has 1 aromatic carbocycles. The molecule has 1 heterocycles. The van der Waals surface area contributed by atoms with Crippen LogP contribution in [0.25, 0.3) is 11.1 Å². The minimum atomic E-state index is -0.0552. The Labute approximate surface area is 123 Å². The van der Waals surface area contributed by atoms with Gasteiger partial charge in [-0.05, 0) is 44.4 Å². The van der Waals surface area contributed by atoms with Gasteiger partial charge in [0.15, 0.2) is 12.1 Å². The Hall–Kier alpha value is -2.36. The van der Waals surface area contributed by atoms with E-state index in [-0.39, 0.29) is 5.78 Å². The fraction of sp³-hybridized carbons (Fsp3) is 0.294. The number of aromatic amines is 1. The summed E-state index contributed by atoms with van der Waals surface area (Å²) in [6, 6.07) is 7.56. The number of carbonyl (C=O) groups excluding carboxylic acids is 2. The van der Waals surface area contributed by atoms with Crippen LogP contribution in [0, 0.1) is 6.92 Å². The summed E-state index contributed by atoms with van der Waals surface area (Å²) in [6.45, 7) is 3.32. The lowest BCUT2D eigenvalue weighted by Gasteiger charge is -2.08. The van der Waals surface area contributed by atoms with Crippen LogP contribution in [0.2, 0.25) is 0 Å². The van der Waals surface area contributed by atoms with E-state index >= 15 is 0 Å². The lowest BCUT2D eigenvalue weighted by atomic mass is 9.98. The zero-order valence-corrected chi connectivity index (χ0v) is 12.1. The van der Waals surface area contributed by atoms with Crippen molar-refractivity contribution < 1.29 is 14.3 Å². The van der Waals surface area contributed by atoms with E-state index in [1.807, 2.05) is 24.3 Å². The third-order valence-electron chi connectivity index (χ3n) is 3.64. The number of hydrogen-bond donors (Lipinski definition) is 1. The second-order valence-electron chi connectivity index (χ2n) is 5.43. The molecule has 1 aromatic heterocycles. The Bertz CT molecular complexity index is 711. The molecule has 0 unspecified atom stereocenters. The van der Waals surface area contributed by atoms with Crippen molar-refractivity contribution in [2.24, 2.45) is 0 Å². The third kappa shape index (κ3) is 2.61. The monoisotopic (exact) mass is 283 g/mol. The Morgan fingerprint density at radius 1 is 1.38 bits per heavy atom. The van der Waals surface area contributed by atoms with Crippen molar-refractivity contribution in [3.05, 3.63) is 41.2 Å². The molecular formula is C17H17NO3. The molecule has 1 aliphatic carbocycles. The van der Waals surface area contributed by atoms with Gasteiger partial charge in [-0.25, -0.2) is 0 Å². The molecule has 0 saturated heterocycles. The number of rotatable bonds is 5. The topological polar surface area (TPSA) is 59.2 Å². The Morgan fingerprint density at radius 2 is 2.14 bits per heavy atom. The van der Waals surface area contributed by atoms with Crippen molar-refractivity contribution in [3.63, 3.8) is 0 Å². The summed E-state index contributed by atoms with van der Waals surface area (Å²) in [5.41, 5.74) is 3.20. The number of aryl methyl sites for hydroxylation is 1. The van der Waals surface area contributed by atoms with Crippen LogP contribution in [0.5, 0.6) is 5.75 Å². The highest BCUT2D eigenvalue weighted by Gasteiger charge is 2.24. The maximum atomic E-state index is 11.9. The summed E-state index contributed by atoms with van der Waals surface area (Å²) in [5, 5.41) is 0. The van der Waals surface area contributed by atoms with Crippen LogP contribution in [0.4, 0.5) is 0 Å². The largest absolute Gasteiger partial charge is 0.490 e. The molecule has 4 nitrogen and oxygen atoms in total. The molecule has 0 bridgehead atoms. The average molecular weight is 283 g/mol. The van der Waals surface area contributed by atoms with Crippen LogP contribution in [-0.4, -0.2) is 23.2 Å². The number of ketones is 1. The van der Waals surface area contributed by atoms with Crippen molar-refractivity contribution in [2.45, 2.75) is 32.8 Å². The molecule has 3 rings (SSSR count). The van der Waals surface area contributed by atoms with Crippen molar-refractivity contribution in [1.82, 2.24) is 4.98 Å². The number of benzene rings is 1. The number of nitrogens with one attached hydrogen (secondary N) is 1. The van der Waals surface area contributed by atoms with Gasteiger partial charge in [-0.3, -0.25) is 9.59 Å². The molecule has 0 spiro atoms. The van der Waals surface area contributed by atoms with Gasteiger partial charge < -0.3 is 9.72 Å². The van der Waals surface area contributed by atoms with Gasteiger partial charge in [-0.2, -0.15) is 0 Å². The van der Waals surface area contributed by atoms with Crippen LogP contribution in [0.15, 0.2) is 24.3 Å². The van der Waals surface area contributed by atoms with Crippen LogP contribution < -0.4 is 4.74 Å². The van der Waals surface area contributed by atoms with Crippen LogP contribution in [0.1, 0.15) is 46.3 Å². The van der Waals surface area contributed by atoms with Crippen molar-refractivity contribution in [2.75, 3.05) is 0 Å². The molecule has 21 heavy (non-hydrogen) atoms. The first kappa shape index (κ1) is 13.6. The summed E-state index contributed by atoms with van der Waals surface area (Å²) >= 11 is 0. The van der Waals surface area contributed by atoms with Gasteiger partial charge in [-0.15, -0.1) is 0 Å². The van der Waals surface area contributed by atoms with Gasteiger partial charge >= 0.3 is 0 Å². The number of H-pyrrole nitrogens is 1. The Kier molecular flexibility index (Phi) is 3.37. The predicted molar refractivity (Wildman–Crippen MR) is 80.0 cm³/mol. The highest BCUT2D eigenvalue weighted by molar-refractivity contribution is 6.06. The summed E-state index contributed by atoms with van der Waals surface area (Å²) in [7, 11) is 0. The molecule has 1 aliphatic rings. The average Bonchev–Trinajstić information content (AvgIpc) is 3.19. The Balaban J connectivity index is 2.10. The highest BCUT2D eigenvalue weighted by atomic mass is 16.5. The van der Waals surface area contributed by atoms with Crippen LogP contribution >= 0.6 is 0 Å². The summed E-state index contributed by atoms with van der Waals surface area (Å²) in [4.78, 5) is 26.2. The van der Waals surface area contributed by atoms with E-state index in [2.05, 4.69) is 4.98 Å². The van der Waals surface area contributed by atoms with Crippen LogP contribution in [-0.2, 0) is 0 Å². The molecule has 0 amide bonds. The normalized spacial score (nSPS) is 14.0. The standard InChI is InChI=1S/C17H17NO3/c1-10-16(11(2)20)17(15(9-19)18-10)12-4-3-5-14(8-12)21-13-6-7-13/h3-5,8-9,13,18H,6-7H2,1-2H3. The molecular weight excluding hydrogens is 266 g/mol. The number of Topliss-reactive ketones (excluding diaryl/α,β-unsaturated/α-hetero) is 1. The number of aromatic nitrogens is 1. The molecule has 0 atom stereocenters. The van der Waals surface area contributed by atoms with E-state index in [9.17, 15) is 9.59 Å². The molecule has 1 N–H and O–H groups in total. The molecule has 108 valence electrons. The van der Waals surface area contributed by atoms with Crippen molar-refractivity contribution in [1.29, 1.82) is 0 Å². The van der Waals surface area contributed by atoms with Crippen molar-refractivity contribution in [3.8, 4) is 16.9 Å². The predicted octanol–water partition coefficient (Wildman–Crippen LogP) is 3.55. The van der Waals surface area contributed by atoms with E-state index < -0.39 is 0 Å². The van der Waals surface area contributed by atoms with Gasteiger partial charge in [0.2, 0.25) is 0 Å². The molecule has 0 radical (unpaired) electrons. The third-order valence-corrected chi connectivity index (χ3v) is 3.64. The van der Waals surface area contributed by atoms with E-state index in [0.29, 0.717) is 28.6 Å². The molecule has 1 saturated carbocycles. The number of hydrogen-bond acceptors (Lipinski definition) is 3. The Morgan fingerprint density at radius 3 is 2.76 bits per heavy atom. The maximum absolute atomic E-state index is 11.9. The van der Waals surface area contributed by atoms with Gasteiger partial charge in [0.25, 0.3) is 0 Å². The smallest absolute Gasteiger partial charge is 0.166 e. The first-order valence-corrected chi connectivity index (χ1v) is 7.06. The molecule has 4 heteroatoms. The summed E-state index contributed by atoms with van der Waals surface area (Å²) in [5.74, 6) is 0.723. The molecule has 2 aromatic rings. The van der Waals surface area contributed by atoms with E-state index in [1.54, 1.807) is 6.92 Å². The number of carbonyl (C=O) groups is 2. The SMILES string of the molecule is CC(=O)c1c(C)[nH]c(C=O)c1-c1cccc(OC2CC2)c1. The number of ether oxygens (including phenoxy) is 1. The van der Waals surface area contributed by atoms with E-state index in [1.165, 1.54) is 6.92 Å². The first-order valence-electron chi connectivity index (χ1n) is 7.06. The number of aldehydes is 1. The summed E-state index contributed by atoms with van der Waals surface area (Å²) < 4.78 is 5.78. The summed E-state index contributed by atoms with van der Waals surface area (Å²) in [6.07, 6.45) is 3.24. The fourth-order valence-electron chi connectivity index (χ4n) is 2.58. The maximum Gasteiger partial charge on any atom is 0.166 e. The minimum Gasteiger partial charge on any atom is -0.490 e.